The summed E-state index contributed by atoms with van der Waals surface area (Å²) in [5.41, 5.74) is 0.975. The molecule has 0 radical (unpaired) electrons. The molecule has 0 fully saturated rings. The summed E-state index contributed by atoms with van der Waals surface area (Å²) in [6.07, 6.45) is 0. The zero-order chi connectivity index (χ0) is 16.4. The molecular weight excluding hydrogens is 316 g/mol. The van der Waals surface area contributed by atoms with Gasteiger partial charge in [-0.25, -0.2) is 4.68 Å². The van der Waals surface area contributed by atoms with E-state index in [0.29, 0.717) is 11.4 Å². The van der Waals surface area contributed by atoms with Gasteiger partial charge in [-0.2, -0.15) is 5.10 Å². The molecule has 3 aromatic rings. The van der Waals surface area contributed by atoms with Gasteiger partial charge in [-0.15, -0.1) is 11.3 Å². The summed E-state index contributed by atoms with van der Waals surface area (Å²) in [6.45, 7) is 3.55. The molecule has 0 aliphatic rings. The standard InChI is InChI=1S/C15H14N4O3S/c1-9-7-14(22-18-9)16-13(20)8-19-15(21)6-4-11(17-19)12-5-3-10(2)23-12/h3-7H,8H2,1-2H3,(H,16,20). The van der Waals surface area contributed by atoms with Crippen LogP contribution in [0.5, 0.6) is 0 Å². The molecule has 118 valence electrons. The number of thiophene rings is 1. The Bertz CT molecular complexity index is 909. The van der Waals surface area contributed by atoms with Gasteiger partial charge < -0.3 is 4.52 Å². The molecule has 0 bridgehead atoms. The van der Waals surface area contributed by atoms with Gasteiger partial charge in [-0.1, -0.05) is 5.16 Å². The molecule has 3 heterocycles. The zero-order valence-electron chi connectivity index (χ0n) is 12.6. The lowest BCUT2D eigenvalue weighted by Crippen LogP contribution is -2.29. The highest BCUT2D eigenvalue weighted by Crippen LogP contribution is 2.24. The van der Waals surface area contributed by atoms with Crippen LogP contribution >= 0.6 is 11.3 Å². The maximum absolute atomic E-state index is 12.0. The van der Waals surface area contributed by atoms with Crippen molar-refractivity contribution in [2.75, 3.05) is 5.32 Å². The van der Waals surface area contributed by atoms with Crippen LogP contribution in [-0.2, 0) is 11.3 Å². The average Bonchev–Trinajstić information content (AvgIpc) is 3.10. The van der Waals surface area contributed by atoms with Crippen molar-refractivity contribution in [3.8, 4) is 10.6 Å². The summed E-state index contributed by atoms with van der Waals surface area (Å²) in [5.74, 6) is -0.166. The Morgan fingerprint density at radius 1 is 1.30 bits per heavy atom. The molecule has 0 unspecified atom stereocenters. The molecule has 0 aromatic carbocycles. The van der Waals surface area contributed by atoms with E-state index in [1.807, 2.05) is 19.1 Å². The van der Waals surface area contributed by atoms with Crippen molar-refractivity contribution in [3.05, 3.63) is 51.3 Å². The SMILES string of the molecule is Cc1cc(NC(=O)Cn2nc(-c3ccc(C)s3)ccc2=O)on1. The Labute approximate surface area is 135 Å². The van der Waals surface area contributed by atoms with Gasteiger partial charge in [0.2, 0.25) is 11.8 Å². The number of nitrogens with zero attached hydrogens (tertiary/aromatic N) is 3. The number of nitrogens with one attached hydrogen (secondary N) is 1. The summed E-state index contributed by atoms with van der Waals surface area (Å²) in [5, 5.41) is 10.5. The molecular formula is C15H14N4O3S. The second kappa shape index (κ2) is 6.17. The third-order valence-electron chi connectivity index (χ3n) is 3.04. The number of aromatic nitrogens is 3. The quantitative estimate of drug-likeness (QED) is 0.792. The Morgan fingerprint density at radius 3 is 2.78 bits per heavy atom. The fraction of sp³-hybridized carbons (Fsp3) is 0.200. The molecule has 3 aromatic heterocycles. The predicted octanol–water partition coefficient (Wildman–Crippen LogP) is 2.22. The molecule has 0 aliphatic heterocycles. The fourth-order valence-corrected chi connectivity index (χ4v) is 2.83. The van der Waals surface area contributed by atoms with Crippen LogP contribution in [0.1, 0.15) is 10.6 Å². The van der Waals surface area contributed by atoms with E-state index in [2.05, 4.69) is 15.6 Å². The maximum Gasteiger partial charge on any atom is 0.267 e. The summed E-state index contributed by atoms with van der Waals surface area (Å²) >= 11 is 1.58. The highest BCUT2D eigenvalue weighted by atomic mass is 32.1. The minimum atomic E-state index is -0.407. The Kier molecular flexibility index (Phi) is 4.07. The van der Waals surface area contributed by atoms with Crippen molar-refractivity contribution < 1.29 is 9.32 Å². The van der Waals surface area contributed by atoms with Crippen LogP contribution in [-0.4, -0.2) is 20.8 Å². The molecule has 1 N–H and O–H groups in total. The summed E-state index contributed by atoms with van der Waals surface area (Å²) in [7, 11) is 0. The molecule has 0 spiro atoms. The van der Waals surface area contributed by atoms with Crippen LogP contribution in [0.2, 0.25) is 0 Å². The maximum atomic E-state index is 12.0. The smallest absolute Gasteiger partial charge is 0.267 e. The zero-order valence-corrected chi connectivity index (χ0v) is 13.4. The average molecular weight is 330 g/mol. The number of rotatable bonds is 4. The molecule has 8 heteroatoms. The van der Waals surface area contributed by atoms with Gasteiger partial charge in [-0.3, -0.25) is 14.9 Å². The number of carbonyl (C=O) groups excluding carboxylic acids is 1. The fourth-order valence-electron chi connectivity index (χ4n) is 2.00. The van der Waals surface area contributed by atoms with Gasteiger partial charge in [-0.05, 0) is 32.0 Å². The minimum Gasteiger partial charge on any atom is -0.338 e. The van der Waals surface area contributed by atoms with Crippen molar-refractivity contribution in [2.45, 2.75) is 20.4 Å². The molecule has 0 saturated heterocycles. The molecule has 0 saturated carbocycles. The van der Waals surface area contributed by atoms with E-state index >= 15 is 0 Å². The van der Waals surface area contributed by atoms with E-state index < -0.39 is 5.91 Å². The van der Waals surface area contributed by atoms with Crippen LogP contribution in [0.25, 0.3) is 10.6 Å². The first kappa shape index (κ1) is 15.2. The first-order chi connectivity index (χ1) is 11.0. The van der Waals surface area contributed by atoms with Crippen LogP contribution in [0.3, 0.4) is 0 Å². The second-order valence-corrected chi connectivity index (χ2v) is 6.29. The monoisotopic (exact) mass is 330 g/mol. The Morgan fingerprint density at radius 2 is 2.13 bits per heavy atom. The number of carbonyl (C=O) groups is 1. The summed E-state index contributed by atoms with van der Waals surface area (Å²) in [4.78, 5) is 26.0. The second-order valence-electron chi connectivity index (χ2n) is 5.01. The van der Waals surface area contributed by atoms with Crippen molar-refractivity contribution >= 4 is 23.1 Å². The molecule has 7 nitrogen and oxygen atoms in total. The van der Waals surface area contributed by atoms with E-state index in [1.54, 1.807) is 30.4 Å². The highest BCUT2D eigenvalue weighted by Gasteiger charge is 2.11. The van der Waals surface area contributed by atoms with Crippen LogP contribution < -0.4 is 10.9 Å². The molecule has 3 rings (SSSR count). The molecule has 1 amide bonds. The number of hydrogen-bond acceptors (Lipinski definition) is 6. The lowest BCUT2D eigenvalue weighted by molar-refractivity contribution is -0.117. The van der Waals surface area contributed by atoms with E-state index in [0.717, 1.165) is 14.4 Å². The lowest BCUT2D eigenvalue weighted by Gasteiger charge is -2.05. The van der Waals surface area contributed by atoms with Crippen LogP contribution in [0.15, 0.2) is 39.6 Å². The Balaban J connectivity index is 1.79. The van der Waals surface area contributed by atoms with Crippen LogP contribution in [0, 0.1) is 13.8 Å². The third kappa shape index (κ3) is 3.54. The number of amides is 1. The van der Waals surface area contributed by atoms with Crippen molar-refractivity contribution in [1.82, 2.24) is 14.9 Å². The molecule has 0 atom stereocenters. The largest absolute Gasteiger partial charge is 0.338 e. The number of anilines is 1. The molecule has 23 heavy (non-hydrogen) atoms. The van der Waals surface area contributed by atoms with Gasteiger partial charge in [0, 0.05) is 17.0 Å². The third-order valence-corrected chi connectivity index (χ3v) is 4.07. The number of aryl methyl sites for hydroxylation is 2. The van der Waals surface area contributed by atoms with Gasteiger partial charge in [0.05, 0.1) is 10.6 Å². The van der Waals surface area contributed by atoms with Gasteiger partial charge in [0.1, 0.15) is 12.2 Å². The highest BCUT2D eigenvalue weighted by molar-refractivity contribution is 7.15. The lowest BCUT2D eigenvalue weighted by atomic mass is 10.3. The molecule has 0 aliphatic carbocycles. The van der Waals surface area contributed by atoms with Gasteiger partial charge in [0.25, 0.3) is 5.56 Å². The van der Waals surface area contributed by atoms with Crippen molar-refractivity contribution in [3.63, 3.8) is 0 Å². The number of hydrogen-bond donors (Lipinski definition) is 1. The Hall–Kier alpha value is -2.74. The topological polar surface area (TPSA) is 90.0 Å². The van der Waals surface area contributed by atoms with Gasteiger partial charge in [0.15, 0.2) is 0 Å². The summed E-state index contributed by atoms with van der Waals surface area (Å²) < 4.78 is 6.04. The van der Waals surface area contributed by atoms with E-state index in [-0.39, 0.29) is 18.0 Å². The van der Waals surface area contributed by atoms with E-state index in [9.17, 15) is 9.59 Å². The van der Waals surface area contributed by atoms with Gasteiger partial charge >= 0.3 is 0 Å². The van der Waals surface area contributed by atoms with E-state index in [1.165, 1.54) is 6.07 Å². The van der Waals surface area contributed by atoms with Crippen LogP contribution in [0.4, 0.5) is 5.88 Å². The first-order valence-electron chi connectivity index (χ1n) is 6.89. The normalized spacial score (nSPS) is 10.7. The minimum absolute atomic E-state index is 0.198. The summed E-state index contributed by atoms with van der Waals surface area (Å²) in [6, 6.07) is 8.58. The predicted molar refractivity (Wildman–Crippen MR) is 86.4 cm³/mol. The van der Waals surface area contributed by atoms with Crippen molar-refractivity contribution in [1.29, 1.82) is 0 Å². The van der Waals surface area contributed by atoms with E-state index in [4.69, 9.17) is 4.52 Å². The van der Waals surface area contributed by atoms with Crippen molar-refractivity contribution in [2.24, 2.45) is 0 Å². The first-order valence-corrected chi connectivity index (χ1v) is 7.71.